The van der Waals surface area contributed by atoms with Crippen LogP contribution < -0.4 is 0 Å². The van der Waals surface area contributed by atoms with Crippen LogP contribution in [-0.2, 0) is 36.5 Å². The van der Waals surface area contributed by atoms with E-state index >= 15 is 0 Å². The molecule has 3 heterocycles. The molecule has 0 atom stereocenters. The van der Waals surface area contributed by atoms with Crippen LogP contribution in [0.25, 0.3) is 10.9 Å². The van der Waals surface area contributed by atoms with E-state index < -0.39 is 0 Å². The molecule has 1 N–H and O–H groups in total. The zero-order chi connectivity index (χ0) is 25.5. The third kappa shape index (κ3) is 4.92. The fraction of sp³-hybridized carbons (Fsp3) is 0.481. The lowest BCUT2D eigenvalue weighted by Crippen LogP contribution is -2.50. The van der Waals surface area contributed by atoms with Crippen molar-refractivity contribution in [3.05, 3.63) is 58.3 Å². The van der Waals surface area contributed by atoms with Crippen molar-refractivity contribution >= 4 is 34.2 Å². The van der Waals surface area contributed by atoms with Crippen LogP contribution in [0, 0.1) is 5.92 Å². The van der Waals surface area contributed by atoms with Crippen molar-refractivity contribution in [1.82, 2.24) is 24.6 Å². The number of carbonyl (C=O) groups is 2. The molecule has 1 amide bonds. The number of amides is 1. The number of fused-ring (bicyclic) bond motifs is 1. The number of Topliss-reactive ketones (excluding diaryl/α,β-unsaturated/α-hetero) is 1. The van der Waals surface area contributed by atoms with Crippen molar-refractivity contribution in [3.8, 4) is 0 Å². The second-order valence-corrected chi connectivity index (χ2v) is 10.9. The Morgan fingerprint density at radius 1 is 1.26 bits per heavy atom. The van der Waals surface area contributed by atoms with Crippen LogP contribution in [0.1, 0.15) is 67.4 Å². The van der Waals surface area contributed by atoms with Gasteiger partial charge in [-0.15, -0.1) is 0 Å². The Labute approximate surface area is 211 Å². The summed E-state index contributed by atoms with van der Waals surface area (Å²) in [5.41, 5.74) is 4.44. The van der Waals surface area contributed by atoms with Crippen LogP contribution in [0.4, 0.5) is 0 Å². The Balaban J connectivity index is 1.50. The summed E-state index contributed by atoms with van der Waals surface area (Å²) in [5.74, 6) is 1.09. The first-order chi connectivity index (χ1) is 16.5. The molecular formula is C27H34ClN5O2. The molecule has 8 heteroatoms. The Morgan fingerprint density at radius 3 is 2.60 bits per heavy atom. The van der Waals surface area contributed by atoms with Crippen molar-refractivity contribution in [1.29, 1.82) is 0 Å². The number of hydrogen-bond donors (Lipinski definition) is 1. The monoisotopic (exact) mass is 495 g/mol. The third-order valence-electron chi connectivity index (χ3n) is 6.90. The molecule has 1 aliphatic rings. The largest absolute Gasteiger partial charge is 0.338 e. The molecule has 1 saturated heterocycles. The van der Waals surface area contributed by atoms with Crippen molar-refractivity contribution in [2.75, 3.05) is 13.1 Å². The number of nitrogens with zero attached hydrogens (tertiary/aromatic N) is 4. The normalized spacial score (nSPS) is 14.4. The van der Waals surface area contributed by atoms with E-state index in [0.717, 1.165) is 45.1 Å². The summed E-state index contributed by atoms with van der Waals surface area (Å²) in [5, 5.41) is 9.43. The minimum atomic E-state index is -0.0750. The molecule has 7 nitrogen and oxygen atoms in total. The van der Waals surface area contributed by atoms with Crippen molar-refractivity contribution in [3.63, 3.8) is 0 Å². The molecule has 0 saturated carbocycles. The van der Waals surface area contributed by atoms with Gasteiger partial charge in [0.15, 0.2) is 5.78 Å². The van der Waals surface area contributed by atoms with Crippen LogP contribution >= 0.6 is 11.6 Å². The van der Waals surface area contributed by atoms with Gasteiger partial charge in [-0.1, -0.05) is 45.9 Å². The smallest absolute Gasteiger partial charge is 0.245 e. The number of aryl methyl sites for hydroxylation is 3. The fourth-order valence-corrected chi connectivity index (χ4v) is 5.32. The van der Waals surface area contributed by atoms with E-state index in [1.807, 2.05) is 24.6 Å². The van der Waals surface area contributed by atoms with Crippen LogP contribution in [0.3, 0.4) is 0 Å². The quantitative estimate of drug-likeness (QED) is 0.359. The van der Waals surface area contributed by atoms with Crippen molar-refractivity contribution in [2.45, 2.75) is 58.8 Å². The topological polar surface area (TPSA) is 83.9 Å². The predicted molar refractivity (Wildman–Crippen MR) is 139 cm³/mol. The molecule has 35 heavy (non-hydrogen) atoms. The van der Waals surface area contributed by atoms with E-state index in [-0.39, 0.29) is 23.0 Å². The number of carbonyl (C=O) groups excluding carboxylic acids is 2. The molecule has 0 unspecified atom stereocenters. The lowest BCUT2D eigenvalue weighted by molar-refractivity contribution is -0.132. The molecule has 0 bridgehead atoms. The summed E-state index contributed by atoms with van der Waals surface area (Å²) in [4.78, 5) is 31.4. The Kier molecular flexibility index (Phi) is 6.91. The van der Waals surface area contributed by atoms with Crippen LogP contribution in [0.5, 0.6) is 0 Å². The van der Waals surface area contributed by atoms with E-state index in [4.69, 9.17) is 16.6 Å². The Bertz CT molecular complexity index is 1290. The number of hydrogen-bond acceptors (Lipinski definition) is 4. The van der Waals surface area contributed by atoms with E-state index in [1.54, 1.807) is 4.90 Å². The zero-order valence-corrected chi connectivity index (χ0v) is 22.0. The molecular weight excluding hydrogens is 462 g/mol. The average molecular weight is 496 g/mol. The summed E-state index contributed by atoms with van der Waals surface area (Å²) in [7, 11) is 1.92. The minimum Gasteiger partial charge on any atom is -0.338 e. The lowest BCUT2D eigenvalue weighted by Gasteiger charge is -2.38. The first-order valence-corrected chi connectivity index (χ1v) is 12.6. The third-order valence-corrected chi connectivity index (χ3v) is 7.22. The first kappa shape index (κ1) is 25.2. The number of rotatable bonds is 8. The second kappa shape index (κ2) is 9.61. The summed E-state index contributed by atoms with van der Waals surface area (Å²) >= 11 is 6.52. The first-order valence-electron chi connectivity index (χ1n) is 12.2. The van der Waals surface area contributed by atoms with Gasteiger partial charge in [-0.3, -0.25) is 14.7 Å². The van der Waals surface area contributed by atoms with Crippen LogP contribution in [0.15, 0.2) is 24.8 Å². The number of ketones is 1. The fourth-order valence-electron chi connectivity index (χ4n) is 4.88. The number of halogens is 1. The molecule has 1 fully saturated rings. The van der Waals surface area contributed by atoms with Crippen LogP contribution in [-0.4, -0.2) is 49.4 Å². The standard InChI is InChI=1S/C27H34ClN5O2/c1-7-20-26(23(34)11-16-14-33(15-16)25(35)8-2)32(6)24(29-20)10-9-21-17-12-18(27(3,4)5)19(28)13-22(17)31-30-21/h8,12-13,16H,2,7,9-11,14-15H2,1,3-6H3,(H,30,31). The molecule has 3 aromatic rings. The van der Waals surface area contributed by atoms with Gasteiger partial charge in [0.25, 0.3) is 0 Å². The molecule has 1 aliphatic heterocycles. The lowest BCUT2D eigenvalue weighted by atomic mass is 9.86. The van der Waals surface area contributed by atoms with Gasteiger partial charge in [0.05, 0.1) is 11.2 Å². The van der Waals surface area contributed by atoms with Crippen molar-refractivity contribution < 1.29 is 9.59 Å². The highest BCUT2D eigenvalue weighted by molar-refractivity contribution is 6.32. The van der Waals surface area contributed by atoms with Gasteiger partial charge in [0.2, 0.25) is 5.91 Å². The summed E-state index contributed by atoms with van der Waals surface area (Å²) in [6, 6.07) is 4.06. The predicted octanol–water partition coefficient (Wildman–Crippen LogP) is 4.81. The van der Waals surface area contributed by atoms with Gasteiger partial charge in [-0.2, -0.15) is 5.10 Å². The molecule has 4 rings (SSSR count). The number of likely N-dealkylation sites (tertiary alicyclic amines) is 1. The summed E-state index contributed by atoms with van der Waals surface area (Å²) in [6.45, 7) is 13.2. The second-order valence-electron chi connectivity index (χ2n) is 10.5. The molecule has 186 valence electrons. The van der Waals surface area contributed by atoms with Gasteiger partial charge in [0.1, 0.15) is 11.5 Å². The summed E-state index contributed by atoms with van der Waals surface area (Å²) < 4.78 is 1.95. The Morgan fingerprint density at radius 2 is 1.97 bits per heavy atom. The van der Waals surface area contributed by atoms with Gasteiger partial charge < -0.3 is 9.47 Å². The highest BCUT2D eigenvalue weighted by Gasteiger charge is 2.32. The van der Waals surface area contributed by atoms with E-state index in [0.29, 0.717) is 38.0 Å². The van der Waals surface area contributed by atoms with E-state index in [2.05, 4.69) is 43.6 Å². The molecule has 0 aliphatic carbocycles. The van der Waals surface area contributed by atoms with Gasteiger partial charge in [-0.25, -0.2) is 4.98 Å². The van der Waals surface area contributed by atoms with Gasteiger partial charge in [0, 0.05) is 55.0 Å². The number of nitrogens with one attached hydrogen (secondary N) is 1. The maximum Gasteiger partial charge on any atom is 0.245 e. The zero-order valence-electron chi connectivity index (χ0n) is 21.2. The van der Waals surface area contributed by atoms with E-state index in [1.165, 1.54) is 6.08 Å². The highest BCUT2D eigenvalue weighted by Crippen LogP contribution is 2.34. The number of imidazole rings is 1. The highest BCUT2D eigenvalue weighted by atomic mass is 35.5. The summed E-state index contributed by atoms with van der Waals surface area (Å²) in [6.07, 6.45) is 3.86. The number of aromatic nitrogens is 4. The molecule has 1 aromatic carbocycles. The maximum atomic E-state index is 13.2. The van der Waals surface area contributed by atoms with E-state index in [9.17, 15) is 9.59 Å². The minimum absolute atomic E-state index is 0.0682. The number of aromatic amines is 1. The van der Waals surface area contributed by atoms with Gasteiger partial charge in [-0.05, 0) is 42.0 Å². The number of benzene rings is 1. The maximum absolute atomic E-state index is 13.2. The van der Waals surface area contributed by atoms with Crippen LogP contribution in [0.2, 0.25) is 5.02 Å². The Hall–Kier alpha value is -2.93. The molecule has 0 radical (unpaired) electrons. The molecule has 0 spiro atoms. The van der Waals surface area contributed by atoms with Crippen molar-refractivity contribution in [2.24, 2.45) is 13.0 Å². The SMILES string of the molecule is C=CC(=O)N1CC(CC(=O)c2c(CC)nc(CCc3[nH]nc4cc(Cl)c(C(C)(C)C)cc34)n2C)C1. The molecule has 2 aromatic heterocycles. The average Bonchev–Trinajstić information content (AvgIpc) is 3.32. The van der Waals surface area contributed by atoms with Gasteiger partial charge >= 0.3 is 0 Å². The number of H-pyrrole nitrogens is 1.